The quantitative estimate of drug-likeness (QED) is 0.215. The molecule has 1 saturated carbocycles. The van der Waals surface area contributed by atoms with E-state index >= 15 is 8.78 Å². The van der Waals surface area contributed by atoms with Crippen molar-refractivity contribution in [1.82, 2.24) is 9.62 Å². The van der Waals surface area contributed by atoms with Gasteiger partial charge < -0.3 is 15.4 Å². The van der Waals surface area contributed by atoms with Crippen LogP contribution in [0.15, 0.2) is 89.8 Å². The van der Waals surface area contributed by atoms with E-state index in [4.69, 9.17) is 22.1 Å². The van der Waals surface area contributed by atoms with Gasteiger partial charge in [0.2, 0.25) is 15.9 Å². The molecule has 0 spiro atoms. The number of benzene rings is 4. The molecular weight excluding hydrogens is 620 g/mol. The van der Waals surface area contributed by atoms with E-state index in [0.717, 1.165) is 36.6 Å². The first-order valence-corrected chi connectivity index (χ1v) is 16.9. The Morgan fingerprint density at radius 2 is 1.53 bits per heavy atom. The minimum Gasteiger partial charge on any atom is -0.490 e. The number of ether oxygens (including phenoxy) is 1. The van der Waals surface area contributed by atoms with E-state index in [1.807, 2.05) is 6.07 Å². The van der Waals surface area contributed by atoms with Crippen LogP contribution in [0.25, 0.3) is 21.9 Å². The molecule has 1 aliphatic carbocycles. The predicted molar refractivity (Wildman–Crippen MR) is 171 cm³/mol. The molecule has 4 aromatic rings. The minimum absolute atomic E-state index is 0.0594. The van der Waals surface area contributed by atoms with Crippen molar-refractivity contribution < 1.29 is 26.7 Å². The second-order valence-electron chi connectivity index (χ2n) is 11.8. The Labute approximate surface area is 266 Å². The molecule has 0 aromatic heterocycles. The highest BCUT2D eigenvalue weighted by Gasteiger charge is 2.50. The lowest BCUT2D eigenvalue weighted by atomic mass is 9.97. The van der Waals surface area contributed by atoms with Gasteiger partial charge in [-0.15, -0.1) is 0 Å². The Morgan fingerprint density at radius 3 is 2.18 bits per heavy atom. The standard InChI is InChI=1S/C34H34ClF2N3O4S/c35-27-13-7-23(8-14-27)22-5-11-26(12-6-22)34(36,37)32(33(41)40-18-17-28(38)21-40)39-45(42,43)31-16-10-24-19-30(15-9-25(24)20-31)44-29-3-1-2-4-29/h5-16,19-20,28-29,32,39H,1-4,17-18,21,38H2/t28-,32-/m0/s1. The second-order valence-corrected chi connectivity index (χ2v) is 13.9. The number of halogens is 3. The zero-order valence-corrected chi connectivity index (χ0v) is 26.0. The topological polar surface area (TPSA) is 102 Å². The average Bonchev–Trinajstić information content (AvgIpc) is 3.71. The van der Waals surface area contributed by atoms with Gasteiger partial charge in [-0.2, -0.15) is 13.5 Å². The summed E-state index contributed by atoms with van der Waals surface area (Å²) in [6.07, 6.45) is 4.87. The highest BCUT2D eigenvalue weighted by atomic mass is 35.5. The first-order valence-electron chi connectivity index (χ1n) is 15.0. The van der Waals surface area contributed by atoms with Gasteiger partial charge in [0.1, 0.15) is 5.75 Å². The number of rotatable bonds is 9. The van der Waals surface area contributed by atoms with Crippen LogP contribution in [-0.2, 0) is 20.7 Å². The lowest BCUT2D eigenvalue weighted by molar-refractivity contribution is -0.143. The zero-order chi connectivity index (χ0) is 31.8. The molecule has 0 bridgehead atoms. The summed E-state index contributed by atoms with van der Waals surface area (Å²) in [5.74, 6) is -4.23. The van der Waals surface area contributed by atoms with Gasteiger partial charge in [0.25, 0.3) is 5.92 Å². The van der Waals surface area contributed by atoms with E-state index in [-0.39, 0.29) is 30.1 Å². The number of carbonyl (C=O) groups is 1. The summed E-state index contributed by atoms with van der Waals surface area (Å²) in [6.45, 7) is 0.217. The summed E-state index contributed by atoms with van der Waals surface area (Å²) in [5, 5.41) is 1.88. The van der Waals surface area contributed by atoms with Crippen LogP contribution >= 0.6 is 11.6 Å². The van der Waals surface area contributed by atoms with E-state index < -0.39 is 33.5 Å². The van der Waals surface area contributed by atoms with Gasteiger partial charge in [0, 0.05) is 29.7 Å². The fourth-order valence-electron chi connectivity index (χ4n) is 6.01. The molecule has 45 heavy (non-hydrogen) atoms. The number of amides is 1. The molecule has 1 amide bonds. The maximum atomic E-state index is 16.3. The van der Waals surface area contributed by atoms with Crippen LogP contribution in [0, 0.1) is 0 Å². The van der Waals surface area contributed by atoms with E-state index in [9.17, 15) is 13.2 Å². The van der Waals surface area contributed by atoms with Crippen molar-refractivity contribution in [1.29, 1.82) is 0 Å². The third kappa shape index (κ3) is 6.84. The summed E-state index contributed by atoms with van der Waals surface area (Å²) in [4.78, 5) is 14.5. The number of sulfonamides is 1. The minimum atomic E-state index is -4.57. The number of hydrogen-bond acceptors (Lipinski definition) is 5. The first-order chi connectivity index (χ1) is 21.5. The van der Waals surface area contributed by atoms with Crippen LogP contribution in [0.1, 0.15) is 37.7 Å². The van der Waals surface area contributed by atoms with E-state index in [1.165, 1.54) is 41.3 Å². The summed E-state index contributed by atoms with van der Waals surface area (Å²) in [5.41, 5.74) is 6.88. The lowest BCUT2D eigenvalue weighted by Crippen LogP contribution is -2.56. The highest BCUT2D eigenvalue weighted by Crippen LogP contribution is 2.36. The average molecular weight is 654 g/mol. The lowest BCUT2D eigenvalue weighted by Gasteiger charge is -2.30. The van der Waals surface area contributed by atoms with Crippen molar-refractivity contribution in [2.75, 3.05) is 13.1 Å². The van der Waals surface area contributed by atoms with Gasteiger partial charge in [-0.25, -0.2) is 8.42 Å². The molecular formula is C34H34ClF2N3O4S. The number of nitrogens with one attached hydrogen (secondary N) is 1. The number of hydrogen-bond donors (Lipinski definition) is 2. The molecule has 2 aliphatic rings. The Hall–Kier alpha value is -3.57. The summed E-state index contributed by atoms with van der Waals surface area (Å²) >= 11 is 5.97. The fourth-order valence-corrected chi connectivity index (χ4v) is 7.36. The molecule has 6 rings (SSSR count). The molecule has 1 heterocycles. The van der Waals surface area contributed by atoms with Gasteiger partial charge in [-0.1, -0.05) is 60.1 Å². The van der Waals surface area contributed by atoms with E-state index in [2.05, 4.69) is 4.72 Å². The Balaban J connectivity index is 1.29. The third-order valence-electron chi connectivity index (χ3n) is 8.56. The fraction of sp³-hybridized carbons (Fsp3) is 0.324. The number of carbonyl (C=O) groups excluding carboxylic acids is 1. The SMILES string of the molecule is N[C@H]1CCN(C(=O)[C@H](NS(=O)(=O)c2ccc3cc(OC4CCCC4)ccc3c2)C(F)(F)c2ccc(-c3ccc(Cl)cc3)cc2)C1. The van der Waals surface area contributed by atoms with Gasteiger partial charge in [0.05, 0.1) is 11.0 Å². The molecule has 3 N–H and O–H groups in total. The van der Waals surface area contributed by atoms with Crippen LogP contribution in [0.2, 0.25) is 5.02 Å². The van der Waals surface area contributed by atoms with Gasteiger partial charge in [0.15, 0.2) is 6.04 Å². The summed E-state index contributed by atoms with van der Waals surface area (Å²) in [6, 6.07) is 19.3. The number of fused-ring (bicyclic) bond motifs is 1. The van der Waals surface area contributed by atoms with Crippen LogP contribution < -0.4 is 15.2 Å². The molecule has 2 fully saturated rings. The molecule has 236 valence electrons. The van der Waals surface area contributed by atoms with Crippen molar-refractivity contribution >= 4 is 38.3 Å². The zero-order valence-electron chi connectivity index (χ0n) is 24.5. The normalized spacial score (nSPS) is 18.4. The molecule has 2 atom stereocenters. The van der Waals surface area contributed by atoms with Crippen LogP contribution in [0.4, 0.5) is 8.78 Å². The van der Waals surface area contributed by atoms with Crippen LogP contribution in [0.3, 0.4) is 0 Å². The van der Waals surface area contributed by atoms with E-state index in [1.54, 1.807) is 42.5 Å². The Bertz CT molecular complexity index is 1800. The van der Waals surface area contributed by atoms with Gasteiger partial charge in [-0.05, 0) is 90.4 Å². The number of nitrogens with zero attached hydrogens (tertiary/aromatic N) is 1. The third-order valence-corrected chi connectivity index (χ3v) is 10.2. The summed E-state index contributed by atoms with van der Waals surface area (Å²) < 4.78 is 68.0. The molecule has 1 saturated heterocycles. The maximum Gasteiger partial charge on any atom is 0.298 e. The van der Waals surface area contributed by atoms with Crippen LogP contribution in [-0.4, -0.2) is 50.5 Å². The largest absolute Gasteiger partial charge is 0.490 e. The molecule has 0 radical (unpaired) electrons. The molecule has 0 unspecified atom stereocenters. The highest BCUT2D eigenvalue weighted by molar-refractivity contribution is 7.89. The van der Waals surface area contributed by atoms with Crippen molar-refractivity contribution in [3.8, 4) is 16.9 Å². The van der Waals surface area contributed by atoms with Crippen molar-refractivity contribution in [3.63, 3.8) is 0 Å². The van der Waals surface area contributed by atoms with Crippen molar-refractivity contribution in [3.05, 3.63) is 95.5 Å². The van der Waals surface area contributed by atoms with Crippen molar-refractivity contribution in [2.45, 2.75) is 61.1 Å². The van der Waals surface area contributed by atoms with Gasteiger partial charge >= 0.3 is 0 Å². The number of likely N-dealkylation sites (tertiary alicyclic amines) is 1. The molecule has 1 aliphatic heterocycles. The number of nitrogens with two attached hydrogens (primary N) is 1. The summed E-state index contributed by atoms with van der Waals surface area (Å²) in [7, 11) is -4.57. The maximum absolute atomic E-state index is 16.3. The molecule has 11 heteroatoms. The van der Waals surface area contributed by atoms with E-state index in [0.29, 0.717) is 28.1 Å². The Kier molecular flexibility index (Phi) is 8.85. The van der Waals surface area contributed by atoms with Crippen LogP contribution in [0.5, 0.6) is 5.75 Å². The van der Waals surface area contributed by atoms with Crippen molar-refractivity contribution in [2.24, 2.45) is 5.73 Å². The first kappa shape index (κ1) is 31.4. The molecule has 4 aromatic carbocycles. The second kappa shape index (κ2) is 12.7. The predicted octanol–water partition coefficient (Wildman–Crippen LogP) is 6.48. The monoisotopic (exact) mass is 653 g/mol. The smallest absolute Gasteiger partial charge is 0.298 e. The number of alkyl halides is 2. The molecule has 7 nitrogen and oxygen atoms in total. The Morgan fingerprint density at radius 1 is 0.911 bits per heavy atom. The van der Waals surface area contributed by atoms with Gasteiger partial charge in [-0.3, -0.25) is 4.79 Å².